The van der Waals surface area contributed by atoms with Crippen LogP contribution >= 0.6 is 0 Å². The van der Waals surface area contributed by atoms with Crippen molar-refractivity contribution < 1.29 is 14.6 Å². The lowest BCUT2D eigenvalue weighted by atomic mass is 10.1. The summed E-state index contributed by atoms with van der Waals surface area (Å²) < 4.78 is 5.91. The van der Waals surface area contributed by atoms with E-state index in [9.17, 15) is 4.79 Å². The zero-order valence-electron chi connectivity index (χ0n) is 14.3. The van der Waals surface area contributed by atoms with Gasteiger partial charge in [-0.15, -0.1) is 0 Å². The van der Waals surface area contributed by atoms with Crippen molar-refractivity contribution in [3.63, 3.8) is 0 Å². The molecule has 0 unspecified atom stereocenters. The normalized spacial score (nSPS) is 10.5. The van der Waals surface area contributed by atoms with Gasteiger partial charge in [0.05, 0.1) is 11.1 Å². The number of carbonyl (C=O) groups is 1. The number of rotatable bonds is 5. The topological polar surface area (TPSA) is 71.5 Å². The Kier molecular flexibility index (Phi) is 4.41. The van der Waals surface area contributed by atoms with Gasteiger partial charge in [0.1, 0.15) is 11.5 Å². The Morgan fingerprint density at radius 2 is 1.74 bits per heavy atom. The van der Waals surface area contributed by atoms with E-state index in [0.29, 0.717) is 11.4 Å². The number of hydrogen-bond acceptors (Lipinski definition) is 4. The second-order valence-corrected chi connectivity index (χ2v) is 5.96. The molecule has 0 atom stereocenters. The summed E-state index contributed by atoms with van der Waals surface area (Å²) in [5, 5.41) is 13.3. The number of carboxylic acids is 1. The largest absolute Gasteiger partial charge is 0.478 e. The molecule has 27 heavy (non-hydrogen) atoms. The lowest BCUT2D eigenvalue weighted by Crippen LogP contribution is -1.98. The molecular weight excluding hydrogens is 340 g/mol. The number of aromatic carboxylic acids is 1. The zero-order chi connectivity index (χ0) is 18.6. The number of pyridine rings is 1. The van der Waals surface area contributed by atoms with Gasteiger partial charge in [-0.3, -0.25) is 4.98 Å². The van der Waals surface area contributed by atoms with Crippen molar-refractivity contribution in [1.82, 2.24) is 4.98 Å². The Morgan fingerprint density at radius 1 is 0.889 bits per heavy atom. The Bertz CT molecular complexity index is 1110. The monoisotopic (exact) mass is 356 g/mol. The average Bonchev–Trinajstić information content (AvgIpc) is 2.69. The van der Waals surface area contributed by atoms with Crippen molar-refractivity contribution in [2.24, 2.45) is 0 Å². The number of ether oxygens (including phenoxy) is 1. The summed E-state index contributed by atoms with van der Waals surface area (Å²) in [4.78, 5) is 15.6. The predicted molar refractivity (Wildman–Crippen MR) is 105 cm³/mol. The third-order valence-electron chi connectivity index (χ3n) is 4.08. The minimum atomic E-state index is -0.961. The molecule has 4 aromatic rings. The van der Waals surface area contributed by atoms with E-state index in [0.717, 1.165) is 22.3 Å². The molecule has 4 rings (SSSR count). The molecular formula is C22H16N2O3. The van der Waals surface area contributed by atoms with Crippen LogP contribution in [-0.4, -0.2) is 16.1 Å². The van der Waals surface area contributed by atoms with Crippen LogP contribution in [0.1, 0.15) is 10.4 Å². The first-order valence-corrected chi connectivity index (χ1v) is 8.41. The van der Waals surface area contributed by atoms with Gasteiger partial charge in [0.2, 0.25) is 0 Å². The van der Waals surface area contributed by atoms with Gasteiger partial charge >= 0.3 is 5.97 Å². The number of para-hydroxylation sites is 1. The molecule has 0 spiro atoms. The van der Waals surface area contributed by atoms with Crippen LogP contribution in [0.5, 0.6) is 11.5 Å². The highest BCUT2D eigenvalue weighted by atomic mass is 16.5. The van der Waals surface area contributed by atoms with Crippen molar-refractivity contribution in [1.29, 1.82) is 0 Å². The summed E-state index contributed by atoms with van der Waals surface area (Å²) in [6, 6.07) is 23.8. The summed E-state index contributed by atoms with van der Waals surface area (Å²) >= 11 is 0. The first-order chi connectivity index (χ1) is 13.2. The van der Waals surface area contributed by atoms with Gasteiger partial charge in [-0.05, 0) is 54.6 Å². The summed E-state index contributed by atoms with van der Waals surface area (Å²) in [6.45, 7) is 0. The van der Waals surface area contributed by atoms with E-state index in [-0.39, 0.29) is 5.56 Å². The number of fused-ring (bicyclic) bond motifs is 1. The fraction of sp³-hybridized carbons (Fsp3) is 0. The molecule has 1 aromatic heterocycles. The number of anilines is 2. The highest BCUT2D eigenvalue weighted by Crippen LogP contribution is 2.30. The first kappa shape index (κ1) is 16.6. The van der Waals surface area contributed by atoms with Crippen LogP contribution in [0, 0.1) is 0 Å². The number of nitrogens with one attached hydrogen (secondary N) is 1. The highest BCUT2D eigenvalue weighted by molar-refractivity contribution is 5.94. The van der Waals surface area contributed by atoms with Gasteiger partial charge in [-0.2, -0.15) is 0 Å². The molecule has 0 fully saturated rings. The van der Waals surface area contributed by atoms with Crippen molar-refractivity contribution >= 4 is 28.2 Å². The van der Waals surface area contributed by atoms with Gasteiger partial charge in [-0.1, -0.05) is 24.3 Å². The van der Waals surface area contributed by atoms with Crippen LogP contribution in [0.25, 0.3) is 10.9 Å². The molecule has 2 N–H and O–H groups in total. The number of aromatic nitrogens is 1. The van der Waals surface area contributed by atoms with E-state index in [1.165, 1.54) is 0 Å². The zero-order valence-corrected chi connectivity index (χ0v) is 14.3. The van der Waals surface area contributed by atoms with E-state index >= 15 is 0 Å². The molecule has 0 amide bonds. The molecule has 5 nitrogen and oxygen atoms in total. The van der Waals surface area contributed by atoms with E-state index in [1.807, 2.05) is 60.7 Å². The molecule has 3 aromatic carbocycles. The van der Waals surface area contributed by atoms with Gasteiger partial charge in [-0.25, -0.2) is 4.79 Å². The third kappa shape index (κ3) is 3.72. The maximum absolute atomic E-state index is 11.2. The molecule has 0 saturated carbocycles. The van der Waals surface area contributed by atoms with Crippen LogP contribution in [0.4, 0.5) is 11.4 Å². The van der Waals surface area contributed by atoms with Gasteiger partial charge < -0.3 is 15.2 Å². The maximum Gasteiger partial charge on any atom is 0.335 e. The minimum Gasteiger partial charge on any atom is -0.478 e. The van der Waals surface area contributed by atoms with E-state index in [1.54, 1.807) is 24.4 Å². The van der Waals surface area contributed by atoms with Crippen LogP contribution in [0.3, 0.4) is 0 Å². The Balaban J connectivity index is 1.69. The van der Waals surface area contributed by atoms with Crippen molar-refractivity contribution in [3.8, 4) is 11.5 Å². The molecule has 0 aliphatic heterocycles. The predicted octanol–water partition coefficient (Wildman–Crippen LogP) is 5.47. The molecule has 1 heterocycles. The first-order valence-electron chi connectivity index (χ1n) is 8.41. The fourth-order valence-corrected chi connectivity index (χ4v) is 2.81. The molecule has 0 aliphatic rings. The lowest BCUT2D eigenvalue weighted by Gasteiger charge is -2.12. The van der Waals surface area contributed by atoms with Gasteiger partial charge in [0, 0.05) is 23.0 Å². The number of carboxylic acid groups (broad SMARTS) is 1. The summed E-state index contributed by atoms with van der Waals surface area (Å²) in [6.07, 6.45) is 1.71. The standard InChI is InChI=1S/C22H16N2O3/c25-22(26)15-5-4-6-16(13-15)24-21-11-12-23-20-10-9-18(14-19(20)21)27-17-7-2-1-3-8-17/h1-14H,(H,23,24)(H,25,26). The van der Waals surface area contributed by atoms with Gasteiger partial charge in [0.25, 0.3) is 0 Å². The average molecular weight is 356 g/mol. The lowest BCUT2D eigenvalue weighted by molar-refractivity contribution is 0.0697. The van der Waals surface area contributed by atoms with E-state index < -0.39 is 5.97 Å². The Morgan fingerprint density at radius 3 is 2.56 bits per heavy atom. The summed E-state index contributed by atoms with van der Waals surface area (Å²) in [5.74, 6) is 0.491. The van der Waals surface area contributed by atoms with Crippen LogP contribution in [0.15, 0.2) is 85.1 Å². The minimum absolute atomic E-state index is 0.228. The van der Waals surface area contributed by atoms with Crippen molar-refractivity contribution in [2.75, 3.05) is 5.32 Å². The highest BCUT2D eigenvalue weighted by Gasteiger charge is 2.07. The second kappa shape index (κ2) is 7.17. The summed E-state index contributed by atoms with van der Waals surface area (Å²) in [7, 11) is 0. The van der Waals surface area contributed by atoms with Crippen LogP contribution in [-0.2, 0) is 0 Å². The maximum atomic E-state index is 11.2. The Hall–Kier alpha value is -3.86. The van der Waals surface area contributed by atoms with E-state index in [4.69, 9.17) is 9.84 Å². The molecule has 0 bridgehead atoms. The van der Waals surface area contributed by atoms with E-state index in [2.05, 4.69) is 10.3 Å². The third-order valence-corrected chi connectivity index (χ3v) is 4.08. The molecule has 5 heteroatoms. The quantitative estimate of drug-likeness (QED) is 0.496. The number of hydrogen-bond donors (Lipinski definition) is 2. The van der Waals surface area contributed by atoms with Crippen molar-refractivity contribution in [2.45, 2.75) is 0 Å². The molecule has 0 aliphatic carbocycles. The fourth-order valence-electron chi connectivity index (χ4n) is 2.81. The van der Waals surface area contributed by atoms with Gasteiger partial charge in [0.15, 0.2) is 0 Å². The van der Waals surface area contributed by atoms with Crippen molar-refractivity contribution in [3.05, 3.63) is 90.6 Å². The molecule has 0 radical (unpaired) electrons. The smallest absolute Gasteiger partial charge is 0.335 e. The van der Waals surface area contributed by atoms with Crippen LogP contribution in [0.2, 0.25) is 0 Å². The SMILES string of the molecule is O=C(O)c1cccc(Nc2ccnc3ccc(Oc4ccccc4)cc23)c1. The number of nitrogens with zero attached hydrogens (tertiary/aromatic N) is 1. The van der Waals surface area contributed by atoms with Crippen LogP contribution < -0.4 is 10.1 Å². The summed E-state index contributed by atoms with van der Waals surface area (Å²) in [5.41, 5.74) is 2.55. The molecule has 0 saturated heterocycles. The second-order valence-electron chi connectivity index (χ2n) is 5.96. The molecule has 132 valence electrons. The number of benzene rings is 3. The Labute approximate surface area is 155 Å².